The highest BCUT2D eigenvalue weighted by Gasteiger charge is 2.16. The minimum atomic E-state index is -0.632. The molecule has 0 bridgehead atoms. The topological polar surface area (TPSA) is 109 Å². The van der Waals surface area contributed by atoms with E-state index >= 15 is 0 Å². The minimum Gasteiger partial charge on any atom is -0.497 e. The van der Waals surface area contributed by atoms with Crippen LogP contribution in [0.25, 0.3) is 0 Å². The van der Waals surface area contributed by atoms with Crippen molar-refractivity contribution in [2.24, 2.45) is 11.7 Å². The molecule has 28 heavy (non-hydrogen) atoms. The van der Waals surface area contributed by atoms with Crippen LogP contribution in [-0.2, 0) is 9.47 Å². The van der Waals surface area contributed by atoms with Gasteiger partial charge in [0.15, 0.2) is 5.76 Å². The molecule has 3 N–H and O–H groups in total. The molecule has 3 rings (SSSR count). The average Bonchev–Trinajstić information content (AvgIpc) is 2.73. The molecule has 0 aromatic carbocycles. The van der Waals surface area contributed by atoms with E-state index < -0.39 is 5.91 Å². The standard InChI is InChI=1S/C20H26N4O4/c1-26-18-10-15(11-22-7-4-14-5-8-27-9-6-14)2-3-17(18)28-19-13-23-16(12-24-19)20(21)25/h2-3,11-14,22H,4-10H2,1H3,(H2,21,25). The molecule has 0 atom stereocenters. The third kappa shape index (κ3) is 5.56. The Balaban J connectivity index is 1.52. The van der Waals surface area contributed by atoms with E-state index in [9.17, 15) is 4.79 Å². The number of allylic oxidation sites excluding steroid dienone is 3. The van der Waals surface area contributed by atoms with Crippen LogP contribution in [0.4, 0.5) is 0 Å². The van der Waals surface area contributed by atoms with E-state index in [0.717, 1.165) is 50.5 Å². The first-order valence-corrected chi connectivity index (χ1v) is 9.41. The van der Waals surface area contributed by atoms with Crippen molar-refractivity contribution < 1.29 is 19.0 Å². The van der Waals surface area contributed by atoms with Gasteiger partial charge in [0.1, 0.15) is 11.5 Å². The Hall–Kier alpha value is -2.87. The van der Waals surface area contributed by atoms with Crippen molar-refractivity contribution in [2.75, 3.05) is 26.9 Å². The van der Waals surface area contributed by atoms with E-state index in [2.05, 4.69) is 15.3 Å². The molecule has 1 aromatic heterocycles. The number of nitrogens with zero attached hydrogens (tertiary/aromatic N) is 2. The van der Waals surface area contributed by atoms with Gasteiger partial charge in [0, 0.05) is 32.4 Å². The van der Waals surface area contributed by atoms with Gasteiger partial charge in [-0.2, -0.15) is 0 Å². The van der Waals surface area contributed by atoms with Gasteiger partial charge in [-0.25, -0.2) is 9.97 Å². The number of nitrogens with two attached hydrogens (primary N) is 1. The number of methoxy groups -OCH3 is 1. The van der Waals surface area contributed by atoms with Crippen molar-refractivity contribution in [2.45, 2.75) is 25.7 Å². The van der Waals surface area contributed by atoms with Crippen LogP contribution in [0.1, 0.15) is 36.2 Å². The number of ether oxygens (including phenoxy) is 3. The number of hydrogen-bond acceptors (Lipinski definition) is 7. The van der Waals surface area contributed by atoms with Gasteiger partial charge >= 0.3 is 0 Å². The molecule has 8 heteroatoms. The zero-order valence-corrected chi connectivity index (χ0v) is 16.0. The largest absolute Gasteiger partial charge is 0.497 e. The second-order valence-electron chi connectivity index (χ2n) is 6.73. The van der Waals surface area contributed by atoms with Gasteiger partial charge in [-0.1, -0.05) is 6.08 Å². The summed E-state index contributed by atoms with van der Waals surface area (Å²) >= 11 is 0. The lowest BCUT2D eigenvalue weighted by molar-refractivity contribution is 0.0642. The lowest BCUT2D eigenvalue weighted by Gasteiger charge is -2.22. The molecule has 1 aliphatic heterocycles. The lowest BCUT2D eigenvalue weighted by Crippen LogP contribution is -2.20. The minimum absolute atomic E-state index is 0.0875. The summed E-state index contributed by atoms with van der Waals surface area (Å²) in [7, 11) is 1.61. The second kappa shape index (κ2) is 9.89. The summed E-state index contributed by atoms with van der Waals surface area (Å²) in [4.78, 5) is 19.0. The van der Waals surface area contributed by atoms with Crippen LogP contribution in [0.5, 0.6) is 5.88 Å². The monoisotopic (exact) mass is 386 g/mol. The molecule has 0 saturated carbocycles. The van der Waals surface area contributed by atoms with Crippen LogP contribution in [0, 0.1) is 5.92 Å². The van der Waals surface area contributed by atoms with Gasteiger partial charge in [0.2, 0.25) is 5.88 Å². The number of nitrogens with one attached hydrogen (secondary N) is 1. The number of aromatic nitrogens is 2. The number of rotatable bonds is 8. The highest BCUT2D eigenvalue weighted by Crippen LogP contribution is 2.25. The molecule has 1 aromatic rings. The van der Waals surface area contributed by atoms with E-state index in [-0.39, 0.29) is 11.6 Å². The highest BCUT2D eigenvalue weighted by molar-refractivity contribution is 5.90. The number of hydrogen-bond donors (Lipinski definition) is 2. The summed E-state index contributed by atoms with van der Waals surface area (Å²) in [5.74, 6) is 1.63. The number of amides is 1. The van der Waals surface area contributed by atoms with Crippen molar-refractivity contribution in [3.05, 3.63) is 53.5 Å². The first-order chi connectivity index (χ1) is 13.7. The molecule has 2 heterocycles. The van der Waals surface area contributed by atoms with Gasteiger partial charge in [-0.15, -0.1) is 0 Å². The maximum Gasteiger partial charge on any atom is 0.268 e. The van der Waals surface area contributed by atoms with Gasteiger partial charge in [-0.3, -0.25) is 4.79 Å². The van der Waals surface area contributed by atoms with Crippen molar-refractivity contribution in [1.82, 2.24) is 15.3 Å². The fraction of sp³-hybridized carbons (Fsp3) is 0.450. The van der Waals surface area contributed by atoms with E-state index in [4.69, 9.17) is 19.9 Å². The lowest BCUT2D eigenvalue weighted by atomic mass is 9.97. The van der Waals surface area contributed by atoms with Gasteiger partial charge < -0.3 is 25.3 Å². The summed E-state index contributed by atoms with van der Waals surface area (Å²) in [6, 6.07) is 0. The second-order valence-corrected chi connectivity index (χ2v) is 6.73. The quantitative estimate of drug-likeness (QED) is 0.658. The van der Waals surface area contributed by atoms with Crippen LogP contribution in [0.15, 0.2) is 47.8 Å². The van der Waals surface area contributed by atoms with E-state index in [1.54, 1.807) is 7.11 Å². The number of carbonyl (C=O) groups excluding carboxylic acids is 1. The van der Waals surface area contributed by atoms with Crippen molar-refractivity contribution in [3.8, 4) is 5.88 Å². The Morgan fingerprint density at radius 2 is 2.14 bits per heavy atom. The Bertz CT molecular complexity index is 765. The molecule has 150 valence electrons. The van der Waals surface area contributed by atoms with Gasteiger partial charge in [0.25, 0.3) is 5.91 Å². The Morgan fingerprint density at radius 3 is 2.82 bits per heavy atom. The maximum atomic E-state index is 11.1. The third-order valence-corrected chi connectivity index (χ3v) is 4.76. The highest BCUT2D eigenvalue weighted by atomic mass is 16.5. The molecule has 0 unspecified atom stereocenters. The zero-order chi connectivity index (χ0) is 19.8. The summed E-state index contributed by atoms with van der Waals surface area (Å²) in [6.45, 7) is 2.71. The fourth-order valence-electron chi connectivity index (χ4n) is 3.10. The van der Waals surface area contributed by atoms with E-state index in [1.807, 2.05) is 18.4 Å². The Kier molecular flexibility index (Phi) is 7.02. The van der Waals surface area contributed by atoms with Crippen LogP contribution < -0.4 is 15.8 Å². The first-order valence-electron chi connectivity index (χ1n) is 9.41. The molecule has 1 amide bonds. The van der Waals surface area contributed by atoms with E-state index in [1.165, 1.54) is 12.4 Å². The normalized spacial score (nSPS) is 19.0. The van der Waals surface area contributed by atoms with E-state index in [0.29, 0.717) is 17.9 Å². The van der Waals surface area contributed by atoms with Gasteiger partial charge in [-0.05, 0) is 36.8 Å². The van der Waals surface area contributed by atoms with Crippen molar-refractivity contribution in [3.63, 3.8) is 0 Å². The molecule has 0 radical (unpaired) electrons. The maximum absolute atomic E-state index is 11.1. The molecular formula is C20H26N4O4. The van der Waals surface area contributed by atoms with Crippen LogP contribution >= 0.6 is 0 Å². The predicted molar refractivity (Wildman–Crippen MR) is 103 cm³/mol. The number of primary amides is 1. The molecule has 1 saturated heterocycles. The third-order valence-electron chi connectivity index (χ3n) is 4.76. The molecular weight excluding hydrogens is 360 g/mol. The number of carbonyl (C=O) groups is 1. The average molecular weight is 386 g/mol. The van der Waals surface area contributed by atoms with Crippen molar-refractivity contribution in [1.29, 1.82) is 0 Å². The fourth-order valence-corrected chi connectivity index (χ4v) is 3.10. The molecule has 1 aliphatic carbocycles. The Morgan fingerprint density at radius 1 is 1.32 bits per heavy atom. The molecule has 1 fully saturated rings. The molecule has 8 nitrogen and oxygen atoms in total. The SMILES string of the molecule is COC1=C(Oc2cnc(C(N)=O)cn2)C=CC(=CNCCC2CCOCC2)C1. The first kappa shape index (κ1) is 19.9. The summed E-state index contributed by atoms with van der Waals surface area (Å²) < 4.78 is 16.6. The zero-order valence-electron chi connectivity index (χ0n) is 16.0. The van der Waals surface area contributed by atoms with Crippen LogP contribution in [-0.4, -0.2) is 42.7 Å². The molecule has 0 spiro atoms. The van der Waals surface area contributed by atoms with Crippen LogP contribution in [0.3, 0.4) is 0 Å². The molecule has 2 aliphatic rings. The Labute approximate surface area is 164 Å². The summed E-state index contributed by atoms with van der Waals surface area (Å²) in [5.41, 5.74) is 6.35. The summed E-state index contributed by atoms with van der Waals surface area (Å²) in [5, 5.41) is 3.39. The smallest absolute Gasteiger partial charge is 0.268 e. The predicted octanol–water partition coefficient (Wildman–Crippen LogP) is 2.06. The van der Waals surface area contributed by atoms with Gasteiger partial charge in [0.05, 0.1) is 19.5 Å². The van der Waals surface area contributed by atoms with Crippen molar-refractivity contribution >= 4 is 5.91 Å². The van der Waals surface area contributed by atoms with Crippen LogP contribution in [0.2, 0.25) is 0 Å². The summed E-state index contributed by atoms with van der Waals surface area (Å²) in [6.07, 6.45) is 12.5.